The molecule has 0 amide bonds. The van der Waals surface area contributed by atoms with E-state index in [4.69, 9.17) is 4.74 Å². The molecule has 6 nitrogen and oxygen atoms in total. The highest BCUT2D eigenvalue weighted by atomic mass is 32.2. The second kappa shape index (κ2) is 7.43. The first-order valence-electron chi connectivity index (χ1n) is 8.04. The highest BCUT2D eigenvalue weighted by Crippen LogP contribution is 2.18. The van der Waals surface area contributed by atoms with E-state index in [-0.39, 0.29) is 11.8 Å². The summed E-state index contributed by atoms with van der Waals surface area (Å²) in [6.45, 7) is 4.72. The summed E-state index contributed by atoms with van der Waals surface area (Å²) < 4.78 is 17.0. The van der Waals surface area contributed by atoms with Crippen LogP contribution >= 0.6 is 0 Å². The number of benzene rings is 1. The molecule has 1 aliphatic rings. The van der Waals surface area contributed by atoms with Crippen molar-refractivity contribution in [1.29, 1.82) is 0 Å². The van der Waals surface area contributed by atoms with E-state index in [1.165, 1.54) is 0 Å². The zero-order valence-corrected chi connectivity index (χ0v) is 15.3. The Bertz CT molecular complexity index is 773. The maximum atomic E-state index is 11.3. The van der Waals surface area contributed by atoms with Crippen molar-refractivity contribution < 1.29 is 8.95 Å². The van der Waals surface area contributed by atoms with Crippen molar-refractivity contribution in [3.05, 3.63) is 48.3 Å². The molecule has 2 atom stereocenters. The van der Waals surface area contributed by atoms with Gasteiger partial charge in [-0.05, 0) is 31.5 Å². The van der Waals surface area contributed by atoms with Gasteiger partial charge in [0.15, 0.2) is 0 Å². The molecule has 1 aliphatic heterocycles. The topological polar surface area (TPSA) is 76.1 Å². The van der Waals surface area contributed by atoms with Crippen LogP contribution in [0.25, 0.3) is 6.08 Å². The van der Waals surface area contributed by atoms with Crippen LogP contribution in [0.1, 0.15) is 19.4 Å². The van der Waals surface area contributed by atoms with Crippen molar-refractivity contribution in [3.8, 4) is 0 Å². The molecule has 2 N–H and O–H groups in total. The Labute approximate surface area is 150 Å². The molecule has 0 spiro atoms. The Morgan fingerprint density at radius 1 is 1.28 bits per heavy atom. The summed E-state index contributed by atoms with van der Waals surface area (Å²) >= 11 is 0. The molecule has 25 heavy (non-hydrogen) atoms. The zero-order valence-electron chi connectivity index (χ0n) is 14.5. The van der Waals surface area contributed by atoms with Gasteiger partial charge in [-0.2, -0.15) is 0 Å². The summed E-state index contributed by atoms with van der Waals surface area (Å²) in [5.74, 6) is 0.479. The fourth-order valence-corrected chi connectivity index (χ4v) is 2.90. The summed E-state index contributed by atoms with van der Waals surface area (Å²) in [5, 5.41) is 6.52. The molecular formula is C18H22N4O2S. The average molecular weight is 358 g/mol. The van der Waals surface area contributed by atoms with Crippen LogP contribution in [0.2, 0.25) is 0 Å². The van der Waals surface area contributed by atoms with Gasteiger partial charge in [-0.3, -0.25) is 9.53 Å². The van der Waals surface area contributed by atoms with Crippen molar-refractivity contribution in [2.45, 2.75) is 30.5 Å². The number of nitrogens with one attached hydrogen (secondary N) is 2. The molecule has 1 saturated heterocycles. The third kappa shape index (κ3) is 4.94. The second-order valence-corrected chi connectivity index (χ2v) is 7.75. The number of aromatic nitrogens is 2. The summed E-state index contributed by atoms with van der Waals surface area (Å²) in [5.41, 5.74) is 1.74. The van der Waals surface area contributed by atoms with Crippen molar-refractivity contribution in [2.75, 3.05) is 18.2 Å². The van der Waals surface area contributed by atoms with Crippen LogP contribution in [0.3, 0.4) is 0 Å². The van der Waals surface area contributed by atoms with E-state index in [1.807, 2.05) is 38.1 Å². The molecule has 0 saturated carbocycles. The summed E-state index contributed by atoms with van der Waals surface area (Å²) in [7, 11) is -1.07. The molecule has 2 aromatic rings. The van der Waals surface area contributed by atoms with Gasteiger partial charge in [0, 0.05) is 24.3 Å². The largest absolute Gasteiger partial charge is 0.359 e. The van der Waals surface area contributed by atoms with Gasteiger partial charge in [0.2, 0.25) is 5.95 Å². The minimum atomic E-state index is -1.07. The van der Waals surface area contributed by atoms with Crippen molar-refractivity contribution >= 4 is 28.5 Å². The maximum Gasteiger partial charge on any atom is 0.227 e. The van der Waals surface area contributed by atoms with E-state index in [0.29, 0.717) is 17.5 Å². The highest BCUT2D eigenvalue weighted by Gasteiger charge is 2.28. The number of ether oxygens (including phenoxy) is 1. The van der Waals surface area contributed by atoms with Gasteiger partial charge in [-0.15, -0.1) is 0 Å². The number of anilines is 2. The fraction of sp³-hybridized carbons (Fsp3) is 0.333. The standard InChI is InChI=1S/C18H22N4O2S/c1-18(2)22-15(12-24-18)9-6-13-4-7-14(8-5-13)21-17-19-10-16(11-20-17)25(3)23/h4-11,15,22H,12H2,1-3H3,(H,19,20,21)/t15-,25?/m0/s1. The molecule has 1 aromatic heterocycles. The first kappa shape index (κ1) is 17.7. The molecule has 132 valence electrons. The van der Waals surface area contributed by atoms with Crippen LogP contribution in [0.4, 0.5) is 11.6 Å². The summed E-state index contributed by atoms with van der Waals surface area (Å²) in [6.07, 6.45) is 8.94. The lowest BCUT2D eigenvalue weighted by molar-refractivity contribution is 0.0232. The van der Waals surface area contributed by atoms with Gasteiger partial charge < -0.3 is 10.1 Å². The molecule has 7 heteroatoms. The predicted octanol–water partition coefficient (Wildman–Crippen LogP) is 2.70. The number of rotatable bonds is 5. The van der Waals surface area contributed by atoms with Gasteiger partial charge in [0.1, 0.15) is 5.72 Å². The lowest BCUT2D eigenvalue weighted by Crippen LogP contribution is -2.37. The molecule has 2 heterocycles. The zero-order chi connectivity index (χ0) is 17.9. The molecule has 1 fully saturated rings. The van der Waals surface area contributed by atoms with Crippen LogP contribution < -0.4 is 10.6 Å². The van der Waals surface area contributed by atoms with E-state index in [0.717, 1.165) is 11.3 Å². The first-order chi connectivity index (χ1) is 11.9. The summed E-state index contributed by atoms with van der Waals surface area (Å²) in [6, 6.07) is 8.21. The van der Waals surface area contributed by atoms with Crippen molar-refractivity contribution in [3.63, 3.8) is 0 Å². The van der Waals surface area contributed by atoms with Gasteiger partial charge >= 0.3 is 0 Å². The van der Waals surface area contributed by atoms with Crippen LogP contribution in [-0.2, 0) is 15.5 Å². The van der Waals surface area contributed by atoms with Crippen LogP contribution in [0.5, 0.6) is 0 Å². The Kier molecular flexibility index (Phi) is 5.27. The van der Waals surface area contributed by atoms with E-state index in [1.54, 1.807) is 18.6 Å². The third-order valence-corrected chi connectivity index (χ3v) is 4.68. The third-order valence-electron chi connectivity index (χ3n) is 3.80. The van der Waals surface area contributed by atoms with Crippen LogP contribution in [-0.4, -0.2) is 38.8 Å². The first-order valence-corrected chi connectivity index (χ1v) is 9.59. The smallest absolute Gasteiger partial charge is 0.227 e. The minimum absolute atomic E-state index is 0.226. The maximum absolute atomic E-state index is 11.3. The number of nitrogens with zero attached hydrogens (tertiary/aromatic N) is 2. The van der Waals surface area contributed by atoms with Crippen LogP contribution in [0.15, 0.2) is 47.6 Å². The highest BCUT2D eigenvalue weighted by molar-refractivity contribution is 7.84. The molecule has 0 radical (unpaired) electrons. The number of hydrogen-bond acceptors (Lipinski definition) is 6. The molecular weight excluding hydrogens is 336 g/mol. The Balaban J connectivity index is 1.59. The molecule has 3 rings (SSSR count). The lowest BCUT2D eigenvalue weighted by atomic mass is 10.1. The molecule has 0 bridgehead atoms. The van der Waals surface area contributed by atoms with E-state index >= 15 is 0 Å². The van der Waals surface area contributed by atoms with E-state index < -0.39 is 10.8 Å². The number of hydrogen-bond donors (Lipinski definition) is 2. The van der Waals surface area contributed by atoms with Crippen molar-refractivity contribution in [2.24, 2.45) is 0 Å². The van der Waals surface area contributed by atoms with E-state index in [9.17, 15) is 4.21 Å². The Morgan fingerprint density at radius 2 is 1.96 bits per heavy atom. The van der Waals surface area contributed by atoms with Gasteiger partial charge in [0.25, 0.3) is 0 Å². The van der Waals surface area contributed by atoms with Gasteiger partial charge in [-0.1, -0.05) is 24.3 Å². The van der Waals surface area contributed by atoms with Gasteiger partial charge in [0.05, 0.1) is 28.3 Å². The molecule has 1 aromatic carbocycles. The molecule has 0 aliphatic carbocycles. The van der Waals surface area contributed by atoms with Crippen molar-refractivity contribution in [1.82, 2.24) is 15.3 Å². The Morgan fingerprint density at radius 3 is 2.52 bits per heavy atom. The summed E-state index contributed by atoms with van der Waals surface area (Å²) in [4.78, 5) is 8.95. The monoisotopic (exact) mass is 358 g/mol. The minimum Gasteiger partial charge on any atom is -0.359 e. The van der Waals surface area contributed by atoms with E-state index in [2.05, 4.69) is 32.8 Å². The molecule has 1 unspecified atom stereocenters. The average Bonchev–Trinajstić information content (AvgIpc) is 2.94. The van der Waals surface area contributed by atoms with Crippen LogP contribution in [0, 0.1) is 0 Å². The van der Waals surface area contributed by atoms with Gasteiger partial charge in [-0.25, -0.2) is 9.97 Å². The predicted molar refractivity (Wildman–Crippen MR) is 100 cm³/mol. The lowest BCUT2D eigenvalue weighted by Gasteiger charge is -2.16. The quantitative estimate of drug-likeness (QED) is 0.856. The SMILES string of the molecule is CS(=O)c1cnc(Nc2ccc(C=C[C@H]3COC(C)(C)N3)cc2)nc1. The second-order valence-electron chi connectivity index (χ2n) is 6.37. The normalized spacial score (nSPS) is 20.7. The fourth-order valence-electron chi connectivity index (χ4n) is 2.49. The Hall–Kier alpha value is -2.09.